The molecule has 2 nitrogen and oxygen atoms in total. The van der Waals surface area contributed by atoms with E-state index in [0.29, 0.717) is 5.56 Å². The number of nitrogens with two attached hydrogens (primary N) is 1. The first kappa shape index (κ1) is 15.7. The van der Waals surface area contributed by atoms with Crippen LogP contribution in [0.3, 0.4) is 0 Å². The van der Waals surface area contributed by atoms with Crippen LogP contribution in [0.25, 0.3) is 21.5 Å². The molecule has 4 aromatic carbocycles. The molecular formula is C22H16ClNO. The van der Waals surface area contributed by atoms with Crippen LogP contribution >= 0.6 is 11.6 Å². The Kier molecular flexibility index (Phi) is 3.90. The highest BCUT2D eigenvalue weighted by Gasteiger charge is 2.08. The van der Waals surface area contributed by atoms with E-state index in [-0.39, 0.29) is 0 Å². The number of amides is 1. The van der Waals surface area contributed by atoms with Gasteiger partial charge in [0.1, 0.15) is 0 Å². The highest BCUT2D eigenvalue weighted by Crippen LogP contribution is 2.27. The number of carbonyl (C=O) groups excluding carboxylic acids is 1. The third kappa shape index (κ3) is 3.09. The van der Waals surface area contributed by atoms with Crippen LogP contribution in [0.15, 0.2) is 72.8 Å². The Balaban J connectivity index is 1.79. The Bertz CT molecular complexity index is 1100. The standard InChI is InChI=1S/C22H16ClNO/c23-19-8-5-14(6-9-19)10-15-4-7-16-13-21-17(12-18(16)11-15)2-1-3-20(21)22(24)25/h1-9,11-13H,10H2,(H2,24,25). The Morgan fingerprint density at radius 2 is 1.56 bits per heavy atom. The van der Waals surface area contributed by atoms with Gasteiger partial charge in [-0.15, -0.1) is 0 Å². The van der Waals surface area contributed by atoms with Crippen molar-refractivity contribution in [2.75, 3.05) is 0 Å². The molecule has 0 aromatic heterocycles. The van der Waals surface area contributed by atoms with E-state index in [9.17, 15) is 4.79 Å². The van der Waals surface area contributed by atoms with Gasteiger partial charge >= 0.3 is 0 Å². The van der Waals surface area contributed by atoms with Gasteiger partial charge in [0.05, 0.1) is 0 Å². The summed E-state index contributed by atoms with van der Waals surface area (Å²) in [5.41, 5.74) is 8.52. The van der Waals surface area contributed by atoms with Crippen LogP contribution < -0.4 is 5.73 Å². The molecular weight excluding hydrogens is 330 g/mol. The molecule has 0 aliphatic rings. The van der Waals surface area contributed by atoms with Crippen LogP contribution in [0.2, 0.25) is 5.02 Å². The zero-order chi connectivity index (χ0) is 17.4. The van der Waals surface area contributed by atoms with Gasteiger partial charge in [0.2, 0.25) is 5.91 Å². The number of hydrogen-bond acceptors (Lipinski definition) is 1. The van der Waals surface area contributed by atoms with Gasteiger partial charge in [-0.2, -0.15) is 0 Å². The average Bonchev–Trinajstić information content (AvgIpc) is 2.61. The van der Waals surface area contributed by atoms with Crippen LogP contribution in [0.4, 0.5) is 0 Å². The van der Waals surface area contributed by atoms with Crippen molar-refractivity contribution in [3.8, 4) is 0 Å². The van der Waals surface area contributed by atoms with Gasteiger partial charge in [-0.25, -0.2) is 0 Å². The smallest absolute Gasteiger partial charge is 0.249 e. The number of carbonyl (C=O) groups is 1. The molecule has 0 radical (unpaired) electrons. The molecule has 0 atom stereocenters. The zero-order valence-corrected chi connectivity index (χ0v) is 14.3. The second-order valence-corrected chi connectivity index (χ2v) is 6.66. The summed E-state index contributed by atoms with van der Waals surface area (Å²) in [6.45, 7) is 0. The zero-order valence-electron chi connectivity index (χ0n) is 13.5. The summed E-state index contributed by atoms with van der Waals surface area (Å²) in [5, 5.41) is 4.92. The monoisotopic (exact) mass is 345 g/mol. The molecule has 4 aromatic rings. The fraction of sp³-hybridized carbons (Fsp3) is 0.0455. The predicted molar refractivity (Wildman–Crippen MR) is 104 cm³/mol. The number of halogens is 1. The minimum atomic E-state index is -0.399. The Labute approximate surface area is 150 Å². The molecule has 25 heavy (non-hydrogen) atoms. The van der Waals surface area contributed by atoms with Gasteiger partial charge in [-0.05, 0) is 69.4 Å². The number of hydrogen-bond donors (Lipinski definition) is 1. The lowest BCUT2D eigenvalue weighted by Crippen LogP contribution is -2.11. The maximum Gasteiger partial charge on any atom is 0.249 e. The molecule has 0 spiro atoms. The molecule has 2 N–H and O–H groups in total. The summed E-state index contributed by atoms with van der Waals surface area (Å²) in [4.78, 5) is 11.6. The van der Waals surface area contributed by atoms with E-state index in [0.717, 1.165) is 33.0 Å². The van der Waals surface area contributed by atoms with Crippen molar-refractivity contribution in [3.05, 3.63) is 94.5 Å². The van der Waals surface area contributed by atoms with Gasteiger partial charge in [0, 0.05) is 10.6 Å². The molecule has 0 aliphatic carbocycles. The molecule has 0 saturated carbocycles. The fourth-order valence-electron chi connectivity index (χ4n) is 3.24. The topological polar surface area (TPSA) is 43.1 Å². The van der Waals surface area contributed by atoms with E-state index in [1.807, 2.05) is 42.5 Å². The van der Waals surface area contributed by atoms with E-state index in [4.69, 9.17) is 17.3 Å². The van der Waals surface area contributed by atoms with Gasteiger partial charge in [0.25, 0.3) is 0 Å². The maximum atomic E-state index is 11.6. The summed E-state index contributed by atoms with van der Waals surface area (Å²) in [6, 6.07) is 24.1. The molecule has 0 saturated heterocycles. The molecule has 4 rings (SSSR count). The largest absolute Gasteiger partial charge is 0.366 e. The van der Waals surface area contributed by atoms with Crippen LogP contribution in [0.1, 0.15) is 21.5 Å². The molecule has 122 valence electrons. The summed E-state index contributed by atoms with van der Waals surface area (Å²) < 4.78 is 0. The van der Waals surface area contributed by atoms with Crippen molar-refractivity contribution in [2.45, 2.75) is 6.42 Å². The van der Waals surface area contributed by atoms with Gasteiger partial charge in [-0.1, -0.05) is 54.1 Å². The van der Waals surface area contributed by atoms with Crippen molar-refractivity contribution < 1.29 is 4.79 Å². The van der Waals surface area contributed by atoms with E-state index in [1.165, 1.54) is 11.1 Å². The van der Waals surface area contributed by atoms with E-state index >= 15 is 0 Å². The van der Waals surface area contributed by atoms with Gasteiger partial charge in [-0.3, -0.25) is 4.79 Å². The lowest BCUT2D eigenvalue weighted by atomic mass is 9.96. The van der Waals surface area contributed by atoms with Crippen molar-refractivity contribution in [1.82, 2.24) is 0 Å². The number of rotatable bonds is 3. The summed E-state index contributed by atoms with van der Waals surface area (Å²) >= 11 is 5.95. The Morgan fingerprint density at radius 1 is 0.800 bits per heavy atom. The quantitative estimate of drug-likeness (QED) is 0.500. The van der Waals surface area contributed by atoms with Gasteiger partial charge in [0.15, 0.2) is 0 Å². The number of fused-ring (bicyclic) bond motifs is 2. The van der Waals surface area contributed by atoms with E-state index in [1.54, 1.807) is 6.07 Å². The maximum absolute atomic E-state index is 11.6. The Hall–Kier alpha value is -2.84. The van der Waals surface area contributed by atoms with E-state index in [2.05, 4.69) is 24.3 Å². The van der Waals surface area contributed by atoms with Crippen LogP contribution in [-0.2, 0) is 6.42 Å². The lowest BCUT2D eigenvalue weighted by molar-refractivity contribution is 0.100. The highest BCUT2D eigenvalue weighted by molar-refractivity contribution is 6.30. The number of benzene rings is 4. The average molecular weight is 346 g/mol. The number of primary amides is 1. The predicted octanol–water partition coefficient (Wildman–Crippen LogP) is 5.34. The van der Waals surface area contributed by atoms with Gasteiger partial charge < -0.3 is 5.73 Å². The Morgan fingerprint density at radius 3 is 2.32 bits per heavy atom. The SMILES string of the molecule is NC(=O)c1cccc2cc3cc(Cc4ccc(Cl)cc4)ccc3cc12. The van der Waals surface area contributed by atoms with Crippen LogP contribution in [0, 0.1) is 0 Å². The van der Waals surface area contributed by atoms with E-state index < -0.39 is 5.91 Å². The first-order valence-electron chi connectivity index (χ1n) is 8.10. The fourth-order valence-corrected chi connectivity index (χ4v) is 3.36. The van der Waals surface area contributed by atoms with Crippen LogP contribution in [0.5, 0.6) is 0 Å². The molecule has 0 bridgehead atoms. The first-order valence-corrected chi connectivity index (χ1v) is 8.47. The van der Waals surface area contributed by atoms with Crippen molar-refractivity contribution >= 4 is 39.1 Å². The van der Waals surface area contributed by atoms with Crippen molar-refractivity contribution in [2.24, 2.45) is 5.73 Å². The summed E-state index contributed by atoms with van der Waals surface area (Å²) in [7, 11) is 0. The third-order valence-electron chi connectivity index (χ3n) is 4.49. The molecule has 0 unspecified atom stereocenters. The molecule has 0 fully saturated rings. The minimum absolute atomic E-state index is 0.399. The van der Waals surface area contributed by atoms with Crippen molar-refractivity contribution in [1.29, 1.82) is 0 Å². The third-order valence-corrected chi connectivity index (χ3v) is 4.74. The second-order valence-electron chi connectivity index (χ2n) is 6.23. The molecule has 0 aliphatic heterocycles. The second kappa shape index (κ2) is 6.23. The molecule has 1 amide bonds. The molecule has 0 heterocycles. The minimum Gasteiger partial charge on any atom is -0.366 e. The van der Waals surface area contributed by atoms with Crippen molar-refractivity contribution in [3.63, 3.8) is 0 Å². The summed E-state index contributed by atoms with van der Waals surface area (Å²) in [5.74, 6) is -0.399. The normalized spacial score (nSPS) is 11.1. The highest BCUT2D eigenvalue weighted by atomic mass is 35.5. The van der Waals surface area contributed by atoms with Crippen LogP contribution in [-0.4, -0.2) is 5.91 Å². The molecule has 3 heteroatoms. The lowest BCUT2D eigenvalue weighted by Gasteiger charge is -2.08. The summed E-state index contributed by atoms with van der Waals surface area (Å²) in [6.07, 6.45) is 0.854. The first-order chi connectivity index (χ1) is 12.1.